The fraction of sp³-hybridized carbons (Fsp3) is 0.438. The molecule has 0 radical (unpaired) electrons. The van der Waals surface area contributed by atoms with Gasteiger partial charge in [0.05, 0.1) is 30.1 Å². The van der Waals surface area contributed by atoms with Crippen molar-refractivity contribution in [3.05, 3.63) is 29.3 Å². The van der Waals surface area contributed by atoms with Crippen LogP contribution in [-0.2, 0) is 9.53 Å². The number of hydrogen-bond donors (Lipinski definition) is 3. The Kier molecular flexibility index (Phi) is 3.50. The summed E-state index contributed by atoms with van der Waals surface area (Å²) in [6.07, 6.45) is -2.20. The topological polar surface area (TPSA) is 121 Å². The van der Waals surface area contributed by atoms with Crippen molar-refractivity contribution in [3.63, 3.8) is 0 Å². The van der Waals surface area contributed by atoms with E-state index in [1.165, 1.54) is 25.1 Å². The zero-order valence-electron chi connectivity index (χ0n) is 12.4. The molecule has 0 aromatic heterocycles. The van der Waals surface area contributed by atoms with Crippen LogP contribution in [0.3, 0.4) is 0 Å². The highest BCUT2D eigenvalue weighted by molar-refractivity contribution is 6.20. The maximum absolute atomic E-state index is 12.7. The first-order valence-corrected chi connectivity index (χ1v) is 7.27. The molecule has 1 aliphatic carbocycles. The molecule has 1 aromatic rings. The number of benzene rings is 1. The molecule has 1 heterocycles. The first kappa shape index (κ1) is 15.6. The van der Waals surface area contributed by atoms with Gasteiger partial charge >= 0.3 is 5.97 Å². The molecule has 1 aliphatic heterocycles. The van der Waals surface area contributed by atoms with Gasteiger partial charge in [0.15, 0.2) is 11.4 Å². The molecule has 1 fully saturated rings. The Balaban J connectivity index is 2.09. The summed E-state index contributed by atoms with van der Waals surface area (Å²) in [5.74, 6) is -3.79. The summed E-state index contributed by atoms with van der Waals surface area (Å²) in [5.41, 5.74) is -2.26. The van der Waals surface area contributed by atoms with Gasteiger partial charge in [-0.25, -0.2) is 0 Å². The number of phenolic OH excluding ortho intramolecular Hbond substituents is 1. The van der Waals surface area contributed by atoms with Gasteiger partial charge in [-0.2, -0.15) is 0 Å². The molecule has 0 spiro atoms. The number of ketones is 2. The third-order valence-corrected chi connectivity index (χ3v) is 4.66. The molecule has 1 aromatic carbocycles. The molecular weight excluding hydrogens is 304 g/mol. The van der Waals surface area contributed by atoms with Gasteiger partial charge < -0.3 is 20.1 Å². The van der Waals surface area contributed by atoms with Gasteiger partial charge in [-0.3, -0.25) is 14.4 Å². The maximum Gasteiger partial charge on any atom is 0.305 e. The number of phenols is 1. The molecule has 4 atom stereocenters. The van der Waals surface area contributed by atoms with Gasteiger partial charge in [0.2, 0.25) is 5.78 Å². The average Bonchev–Trinajstić information content (AvgIpc) is 2.47. The van der Waals surface area contributed by atoms with Crippen LogP contribution in [0, 0.1) is 5.92 Å². The Morgan fingerprint density at radius 3 is 2.74 bits per heavy atom. The molecule has 0 amide bonds. The van der Waals surface area contributed by atoms with Crippen LogP contribution in [0.15, 0.2) is 18.2 Å². The maximum atomic E-state index is 12.7. The summed E-state index contributed by atoms with van der Waals surface area (Å²) in [6, 6.07) is 4.14. The van der Waals surface area contributed by atoms with Crippen LogP contribution in [0.5, 0.6) is 5.75 Å². The van der Waals surface area contributed by atoms with Crippen LogP contribution in [-0.4, -0.2) is 50.7 Å². The number of carboxylic acids is 1. The predicted octanol–water partition coefficient (Wildman–Crippen LogP) is 0.771. The fourth-order valence-corrected chi connectivity index (χ4v) is 3.52. The number of carbonyl (C=O) groups excluding carboxylic acids is 2. The van der Waals surface area contributed by atoms with Crippen molar-refractivity contribution in [1.29, 1.82) is 0 Å². The van der Waals surface area contributed by atoms with E-state index in [1.54, 1.807) is 0 Å². The minimum Gasteiger partial charge on any atom is -0.507 e. The lowest BCUT2D eigenvalue weighted by Gasteiger charge is -2.47. The molecule has 1 saturated heterocycles. The van der Waals surface area contributed by atoms with Crippen molar-refractivity contribution in [3.8, 4) is 5.75 Å². The standard InChI is InChI=1S/C16H16O7/c1-7-16(22)10(5-8(23-7)6-12(18)19)14(20)9-3-2-4-11(17)13(9)15(16)21/h2-4,7-8,10,17,22H,5-6H2,1H3,(H,18,19)/t7-,8+,10?,16+/m0/s1. The molecule has 1 unspecified atom stereocenters. The predicted molar refractivity (Wildman–Crippen MR) is 76.4 cm³/mol. The molecule has 3 N–H and O–H groups in total. The number of ether oxygens (including phenoxy) is 1. The minimum absolute atomic E-state index is 0.0489. The Morgan fingerprint density at radius 1 is 1.39 bits per heavy atom. The number of hydrogen-bond acceptors (Lipinski definition) is 6. The normalized spacial score (nSPS) is 33.0. The minimum atomic E-state index is -2.10. The summed E-state index contributed by atoms with van der Waals surface area (Å²) in [6.45, 7) is 1.43. The van der Waals surface area contributed by atoms with Crippen molar-refractivity contribution >= 4 is 17.5 Å². The third kappa shape index (κ3) is 2.15. The van der Waals surface area contributed by atoms with Crippen LogP contribution in [0.25, 0.3) is 0 Å². The van der Waals surface area contributed by atoms with Gasteiger partial charge in [-0.05, 0) is 19.4 Å². The molecule has 7 nitrogen and oxygen atoms in total. The number of fused-ring (bicyclic) bond motifs is 2. The van der Waals surface area contributed by atoms with Crippen molar-refractivity contribution in [2.45, 2.75) is 37.6 Å². The van der Waals surface area contributed by atoms with Crippen LogP contribution < -0.4 is 0 Å². The Hall–Kier alpha value is -2.25. The Morgan fingerprint density at radius 2 is 2.09 bits per heavy atom. The average molecular weight is 320 g/mol. The number of rotatable bonds is 2. The zero-order valence-corrected chi connectivity index (χ0v) is 12.4. The van der Waals surface area contributed by atoms with E-state index in [0.717, 1.165) is 0 Å². The van der Waals surface area contributed by atoms with E-state index in [-0.39, 0.29) is 29.7 Å². The first-order valence-electron chi connectivity index (χ1n) is 7.27. The van der Waals surface area contributed by atoms with Gasteiger partial charge in [0, 0.05) is 5.56 Å². The second kappa shape index (κ2) is 5.14. The van der Waals surface area contributed by atoms with Gasteiger partial charge in [-0.15, -0.1) is 0 Å². The van der Waals surface area contributed by atoms with E-state index < -0.39 is 41.3 Å². The van der Waals surface area contributed by atoms with Crippen molar-refractivity contribution in [2.75, 3.05) is 0 Å². The van der Waals surface area contributed by atoms with E-state index in [9.17, 15) is 24.6 Å². The Labute approximate surface area is 131 Å². The highest BCUT2D eigenvalue weighted by Gasteiger charge is 2.60. The van der Waals surface area contributed by atoms with Crippen LogP contribution in [0.1, 0.15) is 40.5 Å². The van der Waals surface area contributed by atoms with Gasteiger partial charge in [0.1, 0.15) is 5.75 Å². The summed E-state index contributed by atoms with van der Waals surface area (Å²) in [4.78, 5) is 36.3. The SMILES string of the molecule is C[C@@H]1O[C@@H](CC(=O)O)CC2C(=O)c3cccc(O)c3C(=O)[C@]21O. The molecule has 0 bridgehead atoms. The number of carboxylic acid groups (broad SMARTS) is 1. The second-order valence-electron chi connectivity index (χ2n) is 6.00. The van der Waals surface area contributed by atoms with Crippen molar-refractivity contribution in [1.82, 2.24) is 0 Å². The molecule has 122 valence electrons. The smallest absolute Gasteiger partial charge is 0.305 e. The van der Waals surface area contributed by atoms with Crippen molar-refractivity contribution < 1.29 is 34.4 Å². The molecule has 2 aliphatic rings. The lowest BCUT2D eigenvalue weighted by atomic mass is 9.65. The Bertz CT molecular complexity index is 710. The van der Waals surface area contributed by atoms with E-state index in [4.69, 9.17) is 9.84 Å². The van der Waals surface area contributed by atoms with Crippen LogP contribution in [0.4, 0.5) is 0 Å². The number of aliphatic hydroxyl groups is 1. The quantitative estimate of drug-likeness (QED) is 0.736. The third-order valence-electron chi connectivity index (χ3n) is 4.66. The summed E-state index contributed by atoms with van der Waals surface area (Å²) in [5, 5.41) is 29.7. The van der Waals surface area contributed by atoms with Gasteiger partial charge in [-0.1, -0.05) is 12.1 Å². The van der Waals surface area contributed by atoms with Crippen LogP contribution >= 0.6 is 0 Å². The number of Topliss-reactive ketones (excluding diaryl/α,β-unsaturated/α-hetero) is 2. The van der Waals surface area contributed by atoms with E-state index in [0.29, 0.717) is 0 Å². The second-order valence-corrected chi connectivity index (χ2v) is 6.00. The molecule has 7 heteroatoms. The van der Waals surface area contributed by atoms with Gasteiger partial charge in [0.25, 0.3) is 0 Å². The number of aliphatic carboxylic acids is 1. The van der Waals surface area contributed by atoms with E-state index in [2.05, 4.69) is 0 Å². The summed E-state index contributed by atoms with van der Waals surface area (Å²) >= 11 is 0. The highest BCUT2D eigenvalue weighted by atomic mass is 16.5. The first-order chi connectivity index (χ1) is 10.8. The zero-order chi connectivity index (χ0) is 16.9. The van der Waals surface area contributed by atoms with Crippen LogP contribution in [0.2, 0.25) is 0 Å². The molecule has 23 heavy (non-hydrogen) atoms. The molecule has 0 saturated carbocycles. The number of aromatic hydroxyl groups is 1. The van der Waals surface area contributed by atoms with E-state index in [1.807, 2.05) is 0 Å². The molecular formula is C16H16O7. The van der Waals surface area contributed by atoms with Crippen molar-refractivity contribution in [2.24, 2.45) is 5.92 Å². The fourth-order valence-electron chi connectivity index (χ4n) is 3.52. The summed E-state index contributed by atoms with van der Waals surface area (Å²) in [7, 11) is 0. The lowest BCUT2D eigenvalue weighted by Crippen LogP contribution is -2.64. The lowest BCUT2D eigenvalue weighted by molar-refractivity contribution is -0.174. The van der Waals surface area contributed by atoms with E-state index >= 15 is 0 Å². The largest absolute Gasteiger partial charge is 0.507 e. The monoisotopic (exact) mass is 320 g/mol. The summed E-state index contributed by atoms with van der Waals surface area (Å²) < 4.78 is 5.46. The highest BCUT2D eigenvalue weighted by Crippen LogP contribution is 2.45. The number of carbonyl (C=O) groups is 3. The molecule has 3 rings (SSSR count).